The summed E-state index contributed by atoms with van der Waals surface area (Å²) in [6, 6.07) is 0. The standard InChI is InChI=1S/C15H28N2O/c1-15(2,3)13-6-4-12(5-7-13)14(16)17-8-10-18-11-9-17/h12-13,16H,4-11H2,1-3H3. The van der Waals surface area contributed by atoms with Gasteiger partial charge < -0.3 is 9.64 Å². The smallest absolute Gasteiger partial charge is 0.0991 e. The topological polar surface area (TPSA) is 36.3 Å². The van der Waals surface area contributed by atoms with Gasteiger partial charge in [0.05, 0.1) is 19.0 Å². The zero-order chi connectivity index (χ0) is 13.2. The summed E-state index contributed by atoms with van der Waals surface area (Å²) in [4.78, 5) is 2.23. The Morgan fingerprint density at radius 1 is 1.06 bits per heavy atom. The van der Waals surface area contributed by atoms with Crippen molar-refractivity contribution < 1.29 is 4.74 Å². The largest absolute Gasteiger partial charge is 0.378 e. The summed E-state index contributed by atoms with van der Waals surface area (Å²) in [5, 5.41) is 8.37. The van der Waals surface area contributed by atoms with Crippen LogP contribution in [0.4, 0.5) is 0 Å². The molecule has 104 valence electrons. The minimum atomic E-state index is 0.437. The molecule has 1 saturated heterocycles. The van der Waals surface area contributed by atoms with Crippen LogP contribution in [0.1, 0.15) is 46.5 Å². The molecule has 0 aromatic rings. The molecule has 0 unspecified atom stereocenters. The van der Waals surface area contributed by atoms with E-state index >= 15 is 0 Å². The fraction of sp³-hybridized carbons (Fsp3) is 0.933. The molecule has 0 aromatic heterocycles. The molecule has 2 aliphatic rings. The highest BCUT2D eigenvalue weighted by atomic mass is 16.5. The number of nitrogens with one attached hydrogen (secondary N) is 1. The second-order valence-electron chi connectivity index (χ2n) is 6.90. The number of morpholine rings is 1. The first-order valence-corrected chi connectivity index (χ1v) is 7.39. The van der Waals surface area contributed by atoms with Crippen LogP contribution in [0.25, 0.3) is 0 Å². The molecule has 2 fully saturated rings. The average Bonchev–Trinajstić information content (AvgIpc) is 2.38. The van der Waals surface area contributed by atoms with E-state index in [2.05, 4.69) is 25.7 Å². The SMILES string of the molecule is CC(C)(C)C1CCC(C(=N)N2CCOCC2)CC1. The van der Waals surface area contributed by atoms with Gasteiger partial charge in [0.2, 0.25) is 0 Å². The summed E-state index contributed by atoms with van der Waals surface area (Å²) in [5.41, 5.74) is 0.437. The molecule has 0 atom stereocenters. The lowest BCUT2D eigenvalue weighted by Gasteiger charge is -2.39. The van der Waals surface area contributed by atoms with E-state index in [1.165, 1.54) is 25.7 Å². The molecule has 1 saturated carbocycles. The summed E-state index contributed by atoms with van der Waals surface area (Å²) in [6.45, 7) is 10.5. The Bertz CT molecular complexity index is 281. The number of ether oxygens (including phenoxy) is 1. The third-order valence-electron chi connectivity index (χ3n) is 4.69. The van der Waals surface area contributed by atoms with Crippen molar-refractivity contribution in [1.82, 2.24) is 4.90 Å². The third kappa shape index (κ3) is 3.25. The lowest BCUT2D eigenvalue weighted by Crippen LogP contribution is -2.44. The van der Waals surface area contributed by atoms with E-state index in [4.69, 9.17) is 10.1 Å². The van der Waals surface area contributed by atoms with Crippen molar-refractivity contribution in [2.45, 2.75) is 46.5 Å². The highest BCUT2D eigenvalue weighted by Crippen LogP contribution is 2.40. The van der Waals surface area contributed by atoms with Gasteiger partial charge in [0.1, 0.15) is 0 Å². The van der Waals surface area contributed by atoms with Crippen LogP contribution >= 0.6 is 0 Å². The Hall–Kier alpha value is -0.570. The molecule has 1 heterocycles. The zero-order valence-corrected chi connectivity index (χ0v) is 12.2. The minimum absolute atomic E-state index is 0.437. The monoisotopic (exact) mass is 252 g/mol. The molecular formula is C15H28N2O. The summed E-state index contributed by atoms with van der Waals surface area (Å²) < 4.78 is 5.36. The van der Waals surface area contributed by atoms with Crippen molar-refractivity contribution in [2.75, 3.05) is 26.3 Å². The molecule has 0 radical (unpaired) electrons. The summed E-state index contributed by atoms with van der Waals surface area (Å²) >= 11 is 0. The average molecular weight is 252 g/mol. The van der Waals surface area contributed by atoms with E-state index in [0.717, 1.165) is 38.1 Å². The van der Waals surface area contributed by atoms with Gasteiger partial charge in [0, 0.05) is 19.0 Å². The van der Waals surface area contributed by atoms with Crippen molar-refractivity contribution in [1.29, 1.82) is 5.41 Å². The molecule has 3 nitrogen and oxygen atoms in total. The number of amidine groups is 1. The van der Waals surface area contributed by atoms with E-state index in [1.54, 1.807) is 0 Å². The molecule has 0 bridgehead atoms. The van der Waals surface area contributed by atoms with E-state index in [9.17, 15) is 0 Å². The molecule has 1 aliphatic carbocycles. The molecule has 0 amide bonds. The highest BCUT2D eigenvalue weighted by Gasteiger charge is 2.32. The van der Waals surface area contributed by atoms with Crippen LogP contribution in [-0.2, 0) is 4.74 Å². The van der Waals surface area contributed by atoms with Crippen molar-refractivity contribution in [3.05, 3.63) is 0 Å². The first-order chi connectivity index (χ1) is 8.48. The maximum atomic E-state index is 8.37. The molecule has 1 aliphatic heterocycles. The molecular weight excluding hydrogens is 224 g/mol. The van der Waals surface area contributed by atoms with E-state index in [1.807, 2.05) is 0 Å². The van der Waals surface area contributed by atoms with E-state index in [0.29, 0.717) is 11.3 Å². The predicted molar refractivity (Wildman–Crippen MR) is 75.0 cm³/mol. The molecule has 18 heavy (non-hydrogen) atoms. The Morgan fingerprint density at radius 3 is 2.11 bits per heavy atom. The number of hydrogen-bond donors (Lipinski definition) is 1. The molecule has 0 spiro atoms. The van der Waals surface area contributed by atoms with Gasteiger partial charge in [-0.05, 0) is 37.0 Å². The third-order valence-corrected chi connectivity index (χ3v) is 4.69. The van der Waals surface area contributed by atoms with Crippen LogP contribution in [-0.4, -0.2) is 37.0 Å². The van der Waals surface area contributed by atoms with Gasteiger partial charge >= 0.3 is 0 Å². The van der Waals surface area contributed by atoms with Crippen molar-refractivity contribution in [3.8, 4) is 0 Å². The highest BCUT2D eigenvalue weighted by molar-refractivity contribution is 5.81. The minimum Gasteiger partial charge on any atom is -0.378 e. The van der Waals surface area contributed by atoms with E-state index in [-0.39, 0.29) is 0 Å². The number of hydrogen-bond acceptors (Lipinski definition) is 2. The summed E-state index contributed by atoms with van der Waals surface area (Å²) in [7, 11) is 0. The molecule has 1 N–H and O–H groups in total. The van der Waals surface area contributed by atoms with Gasteiger partial charge in [-0.1, -0.05) is 20.8 Å². The molecule has 2 rings (SSSR count). The first-order valence-electron chi connectivity index (χ1n) is 7.39. The summed E-state index contributed by atoms with van der Waals surface area (Å²) in [6.07, 6.45) is 5.00. The van der Waals surface area contributed by atoms with Gasteiger partial charge in [-0.2, -0.15) is 0 Å². The lowest BCUT2D eigenvalue weighted by atomic mass is 9.69. The normalized spacial score (nSPS) is 30.3. The first kappa shape index (κ1) is 13.9. The second-order valence-corrected chi connectivity index (χ2v) is 6.90. The molecule has 0 aromatic carbocycles. The van der Waals surface area contributed by atoms with Gasteiger partial charge in [0.15, 0.2) is 0 Å². The quantitative estimate of drug-likeness (QED) is 0.575. The lowest BCUT2D eigenvalue weighted by molar-refractivity contribution is 0.0636. The Labute approximate surface area is 111 Å². The van der Waals surface area contributed by atoms with Gasteiger partial charge in [-0.25, -0.2) is 0 Å². The Kier molecular flexibility index (Phi) is 4.31. The van der Waals surface area contributed by atoms with Crippen LogP contribution in [0.15, 0.2) is 0 Å². The fourth-order valence-electron chi connectivity index (χ4n) is 3.30. The Balaban J connectivity index is 1.83. The van der Waals surface area contributed by atoms with Crippen molar-refractivity contribution in [3.63, 3.8) is 0 Å². The van der Waals surface area contributed by atoms with Crippen LogP contribution in [0.3, 0.4) is 0 Å². The molecule has 3 heteroatoms. The number of nitrogens with zero attached hydrogens (tertiary/aromatic N) is 1. The Morgan fingerprint density at radius 2 is 1.61 bits per heavy atom. The second kappa shape index (κ2) is 5.60. The predicted octanol–water partition coefficient (Wildman–Crippen LogP) is 3.15. The zero-order valence-electron chi connectivity index (χ0n) is 12.2. The van der Waals surface area contributed by atoms with Crippen LogP contribution in [0, 0.1) is 22.7 Å². The number of rotatable bonds is 1. The van der Waals surface area contributed by atoms with Crippen LogP contribution < -0.4 is 0 Å². The van der Waals surface area contributed by atoms with Crippen LogP contribution in [0.5, 0.6) is 0 Å². The van der Waals surface area contributed by atoms with Gasteiger partial charge in [-0.15, -0.1) is 0 Å². The van der Waals surface area contributed by atoms with Crippen molar-refractivity contribution in [2.24, 2.45) is 17.3 Å². The summed E-state index contributed by atoms with van der Waals surface area (Å²) in [5.74, 6) is 2.22. The van der Waals surface area contributed by atoms with Crippen molar-refractivity contribution >= 4 is 5.84 Å². The van der Waals surface area contributed by atoms with Crippen LogP contribution in [0.2, 0.25) is 0 Å². The maximum absolute atomic E-state index is 8.37. The van der Waals surface area contributed by atoms with Gasteiger partial charge in [0.25, 0.3) is 0 Å². The van der Waals surface area contributed by atoms with E-state index < -0.39 is 0 Å². The fourth-order valence-corrected chi connectivity index (χ4v) is 3.30. The maximum Gasteiger partial charge on any atom is 0.0991 e. The van der Waals surface area contributed by atoms with Gasteiger partial charge in [-0.3, -0.25) is 5.41 Å².